The minimum atomic E-state index is 0.711. The van der Waals surface area contributed by atoms with E-state index in [2.05, 4.69) is 6.92 Å². The summed E-state index contributed by atoms with van der Waals surface area (Å²) in [4.78, 5) is 6.11. The van der Waals surface area contributed by atoms with Crippen molar-refractivity contribution < 1.29 is 0 Å². The summed E-state index contributed by atoms with van der Waals surface area (Å²) in [6, 6.07) is 0. The Balaban J connectivity index is 2.15. The predicted molar refractivity (Wildman–Crippen MR) is 64.3 cm³/mol. The number of thioether (sulfide) groups is 1. The van der Waals surface area contributed by atoms with Crippen LogP contribution in [0.4, 0.5) is 0 Å². The van der Waals surface area contributed by atoms with E-state index in [4.69, 9.17) is 10.7 Å². The lowest BCUT2D eigenvalue weighted by molar-refractivity contribution is 0.746. The molecule has 2 heterocycles. The molecule has 0 radical (unpaired) electrons. The van der Waals surface area contributed by atoms with Crippen molar-refractivity contribution in [2.75, 3.05) is 18.1 Å². The van der Waals surface area contributed by atoms with Crippen molar-refractivity contribution in [3.63, 3.8) is 0 Å². The molecular weight excluding hydrogens is 212 g/mol. The second-order valence-corrected chi connectivity index (χ2v) is 6.09. The molecule has 4 heteroatoms. The molecule has 0 bridgehead atoms. The Bertz CT molecular complexity index is 303. The number of hydrogen-bond donors (Lipinski definition) is 1. The van der Waals surface area contributed by atoms with Crippen LogP contribution in [-0.2, 0) is 6.42 Å². The minimum absolute atomic E-state index is 0.711. The molecule has 1 aromatic heterocycles. The third-order valence-corrected chi connectivity index (χ3v) is 4.76. The van der Waals surface area contributed by atoms with Gasteiger partial charge < -0.3 is 5.73 Å². The first-order chi connectivity index (χ1) is 6.81. The van der Waals surface area contributed by atoms with Crippen LogP contribution in [0.2, 0.25) is 0 Å². The smallest absolute Gasteiger partial charge is 0.0943 e. The number of nitrogens with two attached hydrogens (primary N) is 1. The Labute approximate surface area is 93.3 Å². The largest absolute Gasteiger partial charge is 0.330 e. The van der Waals surface area contributed by atoms with E-state index in [1.165, 1.54) is 33.5 Å². The Morgan fingerprint density at radius 2 is 2.43 bits per heavy atom. The first-order valence-electron chi connectivity index (χ1n) is 5.05. The highest BCUT2D eigenvalue weighted by atomic mass is 32.2. The lowest BCUT2D eigenvalue weighted by Crippen LogP contribution is -2.03. The Kier molecular flexibility index (Phi) is 3.47. The van der Waals surface area contributed by atoms with Crippen LogP contribution in [-0.4, -0.2) is 23.0 Å². The normalized spacial score (nSPS) is 21.7. The highest BCUT2D eigenvalue weighted by molar-refractivity contribution is 7.99. The van der Waals surface area contributed by atoms with Crippen LogP contribution in [0, 0.1) is 6.92 Å². The molecule has 1 atom stereocenters. The zero-order valence-corrected chi connectivity index (χ0v) is 10.1. The van der Waals surface area contributed by atoms with E-state index in [1.54, 1.807) is 0 Å². The van der Waals surface area contributed by atoms with Gasteiger partial charge in [0.1, 0.15) is 0 Å². The molecule has 14 heavy (non-hydrogen) atoms. The van der Waals surface area contributed by atoms with Crippen LogP contribution in [0.15, 0.2) is 0 Å². The summed E-state index contributed by atoms with van der Waals surface area (Å²) in [5.74, 6) is 3.27. The SMILES string of the molecule is Cc1sc(CCN)nc1C1CCSC1. The van der Waals surface area contributed by atoms with Crippen molar-refractivity contribution in [1.82, 2.24) is 4.98 Å². The van der Waals surface area contributed by atoms with Crippen LogP contribution in [0.25, 0.3) is 0 Å². The average Bonchev–Trinajstić information content (AvgIpc) is 2.74. The summed E-state index contributed by atoms with van der Waals surface area (Å²) < 4.78 is 0. The van der Waals surface area contributed by atoms with Gasteiger partial charge in [-0.3, -0.25) is 0 Å². The van der Waals surface area contributed by atoms with Crippen molar-refractivity contribution in [3.05, 3.63) is 15.6 Å². The fraction of sp³-hybridized carbons (Fsp3) is 0.700. The molecule has 0 amide bonds. The molecule has 2 rings (SSSR count). The summed E-state index contributed by atoms with van der Waals surface area (Å²) >= 11 is 3.87. The third-order valence-electron chi connectivity index (χ3n) is 2.55. The molecule has 1 unspecified atom stereocenters. The van der Waals surface area contributed by atoms with Gasteiger partial charge in [-0.2, -0.15) is 11.8 Å². The van der Waals surface area contributed by atoms with E-state index in [1.807, 2.05) is 23.1 Å². The number of thiazole rings is 1. The van der Waals surface area contributed by atoms with Gasteiger partial charge in [0.25, 0.3) is 0 Å². The molecular formula is C10H16N2S2. The molecule has 0 aliphatic carbocycles. The summed E-state index contributed by atoms with van der Waals surface area (Å²) in [7, 11) is 0. The lowest BCUT2D eigenvalue weighted by Gasteiger charge is -2.04. The molecule has 2 N–H and O–H groups in total. The maximum Gasteiger partial charge on any atom is 0.0943 e. The van der Waals surface area contributed by atoms with Crippen LogP contribution in [0.1, 0.15) is 27.9 Å². The lowest BCUT2D eigenvalue weighted by atomic mass is 10.0. The number of rotatable bonds is 3. The van der Waals surface area contributed by atoms with Gasteiger partial charge in [-0.25, -0.2) is 4.98 Å². The van der Waals surface area contributed by atoms with E-state index >= 15 is 0 Å². The molecule has 0 saturated carbocycles. The molecule has 1 aliphatic heterocycles. The maximum absolute atomic E-state index is 5.54. The van der Waals surface area contributed by atoms with E-state index in [-0.39, 0.29) is 0 Å². The third kappa shape index (κ3) is 2.12. The average molecular weight is 228 g/mol. The highest BCUT2D eigenvalue weighted by Gasteiger charge is 2.22. The fourth-order valence-electron chi connectivity index (χ4n) is 1.82. The zero-order valence-electron chi connectivity index (χ0n) is 8.45. The number of hydrogen-bond acceptors (Lipinski definition) is 4. The monoisotopic (exact) mass is 228 g/mol. The summed E-state index contributed by atoms with van der Waals surface area (Å²) in [5, 5.41) is 1.22. The minimum Gasteiger partial charge on any atom is -0.330 e. The molecule has 78 valence electrons. The van der Waals surface area contributed by atoms with Crippen molar-refractivity contribution in [2.24, 2.45) is 5.73 Å². The molecule has 1 saturated heterocycles. The summed E-state index contributed by atoms with van der Waals surface area (Å²) in [5.41, 5.74) is 6.89. The van der Waals surface area contributed by atoms with Crippen LogP contribution >= 0.6 is 23.1 Å². The van der Waals surface area contributed by atoms with E-state index in [9.17, 15) is 0 Å². The predicted octanol–water partition coefficient (Wildman–Crippen LogP) is 2.17. The topological polar surface area (TPSA) is 38.9 Å². The van der Waals surface area contributed by atoms with Crippen molar-refractivity contribution in [1.29, 1.82) is 0 Å². The van der Waals surface area contributed by atoms with Crippen molar-refractivity contribution in [2.45, 2.75) is 25.7 Å². The Morgan fingerprint density at radius 3 is 3.07 bits per heavy atom. The van der Waals surface area contributed by atoms with Gasteiger partial charge in [-0.1, -0.05) is 0 Å². The van der Waals surface area contributed by atoms with Crippen molar-refractivity contribution in [3.8, 4) is 0 Å². The second kappa shape index (κ2) is 4.64. The molecule has 2 nitrogen and oxygen atoms in total. The fourth-order valence-corrected chi connectivity index (χ4v) is 4.09. The summed E-state index contributed by atoms with van der Waals surface area (Å²) in [6.45, 7) is 2.90. The number of aromatic nitrogens is 1. The van der Waals surface area contributed by atoms with Gasteiger partial charge >= 0.3 is 0 Å². The molecule has 1 aliphatic rings. The molecule has 0 spiro atoms. The molecule has 1 aromatic rings. The van der Waals surface area contributed by atoms with Gasteiger partial charge in [0.2, 0.25) is 0 Å². The number of nitrogens with zero attached hydrogens (tertiary/aromatic N) is 1. The highest BCUT2D eigenvalue weighted by Crippen LogP contribution is 2.35. The van der Waals surface area contributed by atoms with Gasteiger partial charge in [0.05, 0.1) is 10.7 Å². The molecule has 1 fully saturated rings. The van der Waals surface area contributed by atoms with Gasteiger partial charge in [-0.15, -0.1) is 11.3 Å². The van der Waals surface area contributed by atoms with Crippen molar-refractivity contribution >= 4 is 23.1 Å². The first kappa shape index (κ1) is 10.5. The quantitative estimate of drug-likeness (QED) is 0.862. The maximum atomic E-state index is 5.54. The van der Waals surface area contributed by atoms with Crippen LogP contribution < -0.4 is 5.73 Å². The van der Waals surface area contributed by atoms with E-state index in [0.29, 0.717) is 12.5 Å². The van der Waals surface area contributed by atoms with E-state index in [0.717, 1.165) is 6.42 Å². The standard InChI is InChI=1S/C10H16N2S2/c1-7-10(8-3-5-13-6-8)12-9(14-7)2-4-11/h8H,2-6,11H2,1H3. The Hall–Kier alpha value is -0.0600. The summed E-state index contributed by atoms with van der Waals surface area (Å²) in [6.07, 6.45) is 2.24. The molecule has 0 aromatic carbocycles. The van der Waals surface area contributed by atoms with Gasteiger partial charge in [0, 0.05) is 23.0 Å². The van der Waals surface area contributed by atoms with Gasteiger partial charge in [0.15, 0.2) is 0 Å². The van der Waals surface area contributed by atoms with Crippen LogP contribution in [0.3, 0.4) is 0 Å². The first-order valence-corrected chi connectivity index (χ1v) is 7.02. The zero-order chi connectivity index (χ0) is 9.97. The Morgan fingerprint density at radius 1 is 1.57 bits per heavy atom. The second-order valence-electron chi connectivity index (χ2n) is 3.65. The van der Waals surface area contributed by atoms with Gasteiger partial charge in [-0.05, 0) is 25.6 Å². The van der Waals surface area contributed by atoms with Crippen LogP contribution in [0.5, 0.6) is 0 Å². The van der Waals surface area contributed by atoms with E-state index < -0.39 is 0 Å². The number of aryl methyl sites for hydroxylation is 1.